The Hall–Kier alpha value is -4.05. The van der Waals surface area contributed by atoms with Crippen LogP contribution in [-0.4, -0.2) is 44.4 Å². The van der Waals surface area contributed by atoms with Gasteiger partial charge in [-0.2, -0.15) is 44.3 Å². The van der Waals surface area contributed by atoms with Crippen LogP contribution in [0, 0.1) is 12.3 Å². The summed E-state index contributed by atoms with van der Waals surface area (Å²) >= 11 is 0. The number of aryl methyl sites for hydroxylation is 2. The summed E-state index contributed by atoms with van der Waals surface area (Å²) < 4.78 is 125. The van der Waals surface area contributed by atoms with Gasteiger partial charge in [0.25, 0.3) is 5.95 Å². The van der Waals surface area contributed by atoms with E-state index in [1.165, 1.54) is 24.9 Å². The summed E-state index contributed by atoms with van der Waals surface area (Å²) in [5.41, 5.74) is -4.67. The minimum Gasteiger partial charge on any atom is -0.481 e. The van der Waals surface area contributed by atoms with Crippen molar-refractivity contribution in [2.45, 2.75) is 77.6 Å². The molecule has 0 radical (unpaired) electrons. The third-order valence-corrected chi connectivity index (χ3v) is 8.10. The molecular weight excluding hydrogens is 647 g/mol. The lowest BCUT2D eigenvalue weighted by atomic mass is 9.85. The average molecular weight is 681 g/mol. The zero-order chi connectivity index (χ0) is 35.1. The van der Waals surface area contributed by atoms with E-state index in [1.54, 1.807) is 18.7 Å². The van der Waals surface area contributed by atoms with Crippen LogP contribution in [0.1, 0.15) is 79.0 Å². The molecule has 0 saturated heterocycles. The highest BCUT2D eigenvalue weighted by molar-refractivity contribution is 5.67. The fourth-order valence-electron chi connectivity index (χ4n) is 5.82. The van der Waals surface area contributed by atoms with E-state index in [0.717, 1.165) is 10.9 Å². The minimum atomic E-state index is -5.10. The number of anilines is 2. The maximum absolute atomic E-state index is 14.1. The van der Waals surface area contributed by atoms with Gasteiger partial charge < -0.3 is 14.9 Å². The molecule has 1 aliphatic heterocycles. The van der Waals surface area contributed by atoms with Crippen molar-refractivity contribution >= 4 is 17.6 Å². The first kappa shape index (κ1) is 35.8. The molecular formula is C30H33F9N6O2. The highest BCUT2D eigenvalue weighted by atomic mass is 19.4. The van der Waals surface area contributed by atoms with E-state index in [9.17, 15) is 49.4 Å². The average Bonchev–Trinajstić information content (AvgIpc) is 3.27. The summed E-state index contributed by atoms with van der Waals surface area (Å²) in [6, 6.07) is 2.61. The maximum atomic E-state index is 14.1. The van der Waals surface area contributed by atoms with Crippen molar-refractivity contribution in [1.82, 2.24) is 20.2 Å². The number of fused-ring (bicyclic) bond motifs is 1. The smallest absolute Gasteiger partial charge is 0.416 e. The minimum absolute atomic E-state index is 0.0150. The monoisotopic (exact) mass is 680 g/mol. The Bertz CT molecular complexity index is 1570. The lowest BCUT2D eigenvalue weighted by Crippen LogP contribution is -2.32. The number of aromatic nitrogens is 4. The summed E-state index contributed by atoms with van der Waals surface area (Å²) in [6.45, 7) is 4.59. The molecule has 0 spiro atoms. The van der Waals surface area contributed by atoms with Gasteiger partial charge in [0.15, 0.2) is 0 Å². The predicted molar refractivity (Wildman–Crippen MR) is 152 cm³/mol. The van der Waals surface area contributed by atoms with Crippen molar-refractivity contribution in [3.05, 3.63) is 63.7 Å². The Labute approximate surface area is 264 Å². The molecule has 2 aromatic carbocycles. The van der Waals surface area contributed by atoms with Crippen LogP contribution < -0.4 is 9.80 Å². The molecule has 3 aromatic rings. The molecule has 8 nitrogen and oxygen atoms in total. The SMILES string of the molecule is Cc1cc2c(cc1C(F)(F)F)N(CCC(C)(C)CC(=O)O)CCCC2N(Cc1cc(C(F)(F)F)cc(C(F)(F)F)c1)c1nnn(C)n1. The molecule has 0 bridgehead atoms. The number of aliphatic carboxylic acids is 1. The highest BCUT2D eigenvalue weighted by Crippen LogP contribution is 2.44. The largest absolute Gasteiger partial charge is 0.481 e. The molecule has 47 heavy (non-hydrogen) atoms. The predicted octanol–water partition coefficient (Wildman–Crippen LogP) is 7.81. The number of rotatable bonds is 9. The zero-order valence-corrected chi connectivity index (χ0v) is 25.9. The number of benzene rings is 2. The summed E-state index contributed by atoms with van der Waals surface area (Å²) in [5, 5.41) is 21.2. The second-order valence-corrected chi connectivity index (χ2v) is 12.5. The number of carbonyl (C=O) groups is 1. The topological polar surface area (TPSA) is 87.4 Å². The van der Waals surface area contributed by atoms with E-state index in [0.29, 0.717) is 30.5 Å². The Morgan fingerprint density at radius 2 is 1.57 bits per heavy atom. The molecule has 1 aliphatic rings. The quantitative estimate of drug-likeness (QED) is 0.231. The van der Waals surface area contributed by atoms with E-state index >= 15 is 0 Å². The van der Waals surface area contributed by atoms with Crippen LogP contribution in [0.2, 0.25) is 0 Å². The molecule has 0 saturated carbocycles. The molecule has 17 heteroatoms. The van der Waals surface area contributed by atoms with Crippen LogP contribution in [0.3, 0.4) is 0 Å². The summed E-state index contributed by atoms with van der Waals surface area (Å²) in [5.74, 6) is -1.18. The van der Waals surface area contributed by atoms with Crippen LogP contribution in [0.4, 0.5) is 51.1 Å². The van der Waals surface area contributed by atoms with Crippen molar-refractivity contribution < 1.29 is 49.4 Å². The highest BCUT2D eigenvalue weighted by Gasteiger charge is 2.39. The van der Waals surface area contributed by atoms with Gasteiger partial charge in [0, 0.05) is 25.3 Å². The fourth-order valence-corrected chi connectivity index (χ4v) is 5.82. The number of tetrazole rings is 1. The molecule has 1 unspecified atom stereocenters. The second kappa shape index (κ2) is 12.9. The van der Waals surface area contributed by atoms with Gasteiger partial charge >= 0.3 is 24.5 Å². The van der Waals surface area contributed by atoms with Gasteiger partial charge in [-0.15, -0.1) is 5.10 Å². The van der Waals surface area contributed by atoms with E-state index in [2.05, 4.69) is 15.4 Å². The van der Waals surface area contributed by atoms with Crippen LogP contribution in [0.15, 0.2) is 30.3 Å². The zero-order valence-electron chi connectivity index (χ0n) is 25.9. The third kappa shape index (κ3) is 8.66. The Balaban J connectivity index is 1.87. The van der Waals surface area contributed by atoms with E-state index in [1.807, 2.05) is 0 Å². The van der Waals surface area contributed by atoms with Crippen molar-refractivity contribution in [3.63, 3.8) is 0 Å². The number of carboxylic acid groups (broad SMARTS) is 1. The normalized spacial score (nSPS) is 16.2. The molecule has 0 aliphatic carbocycles. The number of hydrogen-bond acceptors (Lipinski definition) is 6. The summed E-state index contributed by atoms with van der Waals surface area (Å²) in [6.07, 6.45) is -14.2. The summed E-state index contributed by atoms with van der Waals surface area (Å²) in [4.78, 5) is 15.5. The number of alkyl halides is 9. The van der Waals surface area contributed by atoms with Crippen LogP contribution in [0.25, 0.3) is 0 Å². The van der Waals surface area contributed by atoms with E-state index < -0.39 is 59.2 Å². The lowest BCUT2D eigenvalue weighted by Gasteiger charge is -2.34. The summed E-state index contributed by atoms with van der Waals surface area (Å²) in [7, 11) is 1.40. The van der Waals surface area contributed by atoms with Crippen molar-refractivity contribution in [2.75, 3.05) is 22.9 Å². The maximum Gasteiger partial charge on any atom is 0.416 e. The van der Waals surface area contributed by atoms with Gasteiger partial charge in [-0.25, -0.2) is 0 Å². The first-order chi connectivity index (χ1) is 21.5. The molecule has 4 rings (SSSR count). The molecule has 258 valence electrons. The van der Waals surface area contributed by atoms with Crippen molar-refractivity contribution in [3.8, 4) is 0 Å². The van der Waals surface area contributed by atoms with E-state index in [-0.39, 0.29) is 54.8 Å². The molecule has 2 heterocycles. The second-order valence-electron chi connectivity index (χ2n) is 12.5. The number of hydrogen-bond donors (Lipinski definition) is 1. The van der Waals surface area contributed by atoms with Crippen molar-refractivity contribution in [2.24, 2.45) is 12.5 Å². The molecule has 1 N–H and O–H groups in total. The third-order valence-electron chi connectivity index (χ3n) is 8.10. The molecule has 0 amide bonds. The Morgan fingerprint density at radius 1 is 0.957 bits per heavy atom. The molecule has 0 fully saturated rings. The van der Waals surface area contributed by atoms with Gasteiger partial charge in [-0.05, 0) is 77.8 Å². The fraction of sp³-hybridized carbons (Fsp3) is 0.533. The van der Waals surface area contributed by atoms with Gasteiger partial charge in [0.1, 0.15) is 0 Å². The van der Waals surface area contributed by atoms with Gasteiger partial charge in [0.2, 0.25) is 0 Å². The Morgan fingerprint density at radius 3 is 2.09 bits per heavy atom. The van der Waals surface area contributed by atoms with Gasteiger partial charge in [0.05, 0.1) is 36.2 Å². The van der Waals surface area contributed by atoms with Gasteiger partial charge in [-0.3, -0.25) is 4.79 Å². The lowest BCUT2D eigenvalue weighted by molar-refractivity contribution is -0.143. The van der Waals surface area contributed by atoms with Gasteiger partial charge in [-0.1, -0.05) is 25.0 Å². The molecule has 1 atom stereocenters. The first-order valence-corrected chi connectivity index (χ1v) is 14.5. The van der Waals surface area contributed by atoms with Crippen LogP contribution in [0.5, 0.6) is 0 Å². The van der Waals surface area contributed by atoms with Crippen LogP contribution in [-0.2, 0) is 36.9 Å². The van der Waals surface area contributed by atoms with Crippen molar-refractivity contribution in [1.29, 1.82) is 0 Å². The number of nitrogens with zero attached hydrogens (tertiary/aromatic N) is 6. The van der Waals surface area contributed by atoms with E-state index in [4.69, 9.17) is 0 Å². The number of halogens is 9. The Kier molecular flexibility index (Phi) is 9.80. The van der Waals surface area contributed by atoms with Crippen LogP contribution >= 0.6 is 0 Å². The molecule has 1 aromatic heterocycles. The first-order valence-electron chi connectivity index (χ1n) is 14.5. The standard InChI is InChI=1S/C30H33F9N6O2/c1-17-10-21-23(6-5-8-44(9-7-27(2,3)15-25(46)47)24(21)14-22(17)30(37,38)39)45(26-40-42-43(4)41-26)16-18-11-19(28(31,32)33)13-20(12-18)29(34,35)36/h10-14,23H,5-9,15-16H2,1-4H3,(H,46,47). The number of carboxylic acids is 1.